The summed E-state index contributed by atoms with van der Waals surface area (Å²) < 4.78 is 8.77. The van der Waals surface area contributed by atoms with E-state index in [9.17, 15) is 4.79 Å². The number of rotatable bonds is 2. The fraction of sp³-hybridized carbons (Fsp3) is 0. The molecule has 0 N–H and O–H groups in total. The summed E-state index contributed by atoms with van der Waals surface area (Å²) in [6.45, 7) is 3.19. The van der Waals surface area contributed by atoms with E-state index in [2.05, 4.69) is 26.2 Å². The van der Waals surface area contributed by atoms with Crippen molar-refractivity contribution in [3.05, 3.63) is 18.9 Å². The van der Waals surface area contributed by atoms with Gasteiger partial charge in [0.05, 0.1) is 0 Å². The normalized spacial score (nSPS) is 8.80. The largest absolute Gasteiger partial charge is 0.399 e. The van der Waals surface area contributed by atoms with E-state index in [-0.39, 0.29) is 5.88 Å². The van der Waals surface area contributed by atoms with Gasteiger partial charge in [-0.15, -0.1) is 0 Å². The maximum Gasteiger partial charge on any atom is 0.337 e. The fourth-order valence-corrected chi connectivity index (χ4v) is 0.345. The molecule has 0 amide bonds. The van der Waals surface area contributed by atoms with E-state index >= 15 is 0 Å². The van der Waals surface area contributed by atoms with Crippen LogP contribution in [0, 0.1) is 0 Å². The van der Waals surface area contributed by atoms with Crippen molar-refractivity contribution in [2.75, 3.05) is 0 Å². The standard InChI is InChI=1S/C5H4N2O3/c1-2-5(8)10-4-3-9-7-6-4/h2-3H,1H2. The molecule has 0 aliphatic rings. The molecule has 0 saturated heterocycles. The molecule has 0 aliphatic heterocycles. The maximum atomic E-state index is 10.4. The summed E-state index contributed by atoms with van der Waals surface area (Å²) in [5.74, 6) is -0.555. The van der Waals surface area contributed by atoms with Crippen LogP contribution in [0.2, 0.25) is 0 Å². The molecule has 0 unspecified atom stereocenters. The van der Waals surface area contributed by atoms with E-state index in [1.54, 1.807) is 0 Å². The number of ether oxygens (including phenoxy) is 1. The quantitative estimate of drug-likeness (QED) is 0.432. The van der Waals surface area contributed by atoms with Crippen molar-refractivity contribution in [3.63, 3.8) is 0 Å². The highest BCUT2D eigenvalue weighted by molar-refractivity contribution is 5.82. The van der Waals surface area contributed by atoms with E-state index in [1.807, 2.05) is 0 Å². The van der Waals surface area contributed by atoms with Crippen molar-refractivity contribution in [1.82, 2.24) is 10.4 Å². The van der Waals surface area contributed by atoms with Gasteiger partial charge in [0.2, 0.25) is 0 Å². The van der Waals surface area contributed by atoms with Gasteiger partial charge in [-0.25, -0.2) is 4.79 Å². The molecule has 1 aromatic rings. The highest BCUT2D eigenvalue weighted by Crippen LogP contribution is 2.01. The van der Waals surface area contributed by atoms with Crippen molar-refractivity contribution >= 4 is 5.97 Å². The highest BCUT2D eigenvalue weighted by atomic mass is 16.6. The number of esters is 1. The van der Waals surface area contributed by atoms with Crippen LogP contribution in [-0.2, 0) is 4.79 Å². The Kier molecular flexibility index (Phi) is 1.79. The molecule has 1 heterocycles. The molecule has 0 saturated carbocycles. The predicted molar refractivity (Wildman–Crippen MR) is 30.1 cm³/mol. The molecule has 0 radical (unpaired) electrons. The van der Waals surface area contributed by atoms with Crippen LogP contribution in [0.4, 0.5) is 0 Å². The third kappa shape index (κ3) is 1.41. The van der Waals surface area contributed by atoms with Crippen LogP contribution in [-0.4, -0.2) is 16.3 Å². The average Bonchev–Trinajstić information content (AvgIpc) is 2.40. The summed E-state index contributed by atoms with van der Waals surface area (Å²) in [7, 11) is 0. The Bertz CT molecular complexity index is 229. The van der Waals surface area contributed by atoms with Crippen LogP contribution in [0.5, 0.6) is 5.88 Å². The molecule has 0 aromatic carbocycles. The molecule has 10 heavy (non-hydrogen) atoms. The van der Waals surface area contributed by atoms with Gasteiger partial charge in [0.1, 0.15) is 0 Å². The lowest BCUT2D eigenvalue weighted by molar-refractivity contribution is -0.129. The molecule has 52 valence electrons. The van der Waals surface area contributed by atoms with Crippen LogP contribution in [0.1, 0.15) is 0 Å². The SMILES string of the molecule is C=CC(=O)Oc1conn1. The lowest BCUT2D eigenvalue weighted by atomic mass is 10.6. The third-order valence-corrected chi connectivity index (χ3v) is 0.712. The first kappa shape index (κ1) is 6.47. The monoisotopic (exact) mass is 140 g/mol. The van der Waals surface area contributed by atoms with Crippen LogP contribution in [0.25, 0.3) is 0 Å². The fourth-order valence-electron chi connectivity index (χ4n) is 0.345. The second kappa shape index (κ2) is 2.77. The topological polar surface area (TPSA) is 65.2 Å². The lowest BCUT2D eigenvalue weighted by Crippen LogP contribution is -2.02. The molecular weight excluding hydrogens is 136 g/mol. The van der Waals surface area contributed by atoms with Crippen LogP contribution in [0.3, 0.4) is 0 Å². The molecule has 0 bridgehead atoms. The molecular formula is C5H4N2O3. The average molecular weight is 140 g/mol. The van der Waals surface area contributed by atoms with Gasteiger partial charge in [-0.05, 0) is 0 Å². The summed E-state index contributed by atoms with van der Waals surface area (Å²) in [6, 6.07) is 0. The Labute approximate surface area is 56.3 Å². The summed E-state index contributed by atoms with van der Waals surface area (Å²) in [5.41, 5.74) is 0. The molecule has 0 aliphatic carbocycles. The van der Waals surface area contributed by atoms with Crippen LogP contribution in [0.15, 0.2) is 23.4 Å². The Morgan fingerprint density at radius 2 is 2.70 bits per heavy atom. The second-order valence-electron chi connectivity index (χ2n) is 1.37. The predicted octanol–water partition coefficient (Wildman–Crippen LogP) is 0.161. The number of hydrogen-bond acceptors (Lipinski definition) is 5. The van der Waals surface area contributed by atoms with Crippen LogP contribution >= 0.6 is 0 Å². The summed E-state index contributed by atoms with van der Waals surface area (Å²) in [6.07, 6.45) is 2.13. The minimum Gasteiger partial charge on any atom is -0.399 e. The van der Waals surface area contributed by atoms with E-state index < -0.39 is 5.97 Å². The molecule has 5 heteroatoms. The van der Waals surface area contributed by atoms with Gasteiger partial charge in [0.25, 0.3) is 5.88 Å². The number of aromatic nitrogens is 2. The number of hydrogen-bond donors (Lipinski definition) is 0. The van der Waals surface area contributed by atoms with Gasteiger partial charge in [-0.1, -0.05) is 11.7 Å². The summed E-state index contributed by atoms with van der Waals surface area (Å²) >= 11 is 0. The molecule has 0 atom stereocenters. The molecule has 0 spiro atoms. The molecule has 1 aromatic heterocycles. The Hall–Kier alpha value is -1.65. The van der Waals surface area contributed by atoms with Gasteiger partial charge in [-0.3, -0.25) is 0 Å². The van der Waals surface area contributed by atoms with Gasteiger partial charge in [0, 0.05) is 11.3 Å². The van der Waals surface area contributed by atoms with Crippen molar-refractivity contribution in [3.8, 4) is 5.88 Å². The Balaban J connectivity index is 2.56. The number of carbonyl (C=O) groups excluding carboxylic acids is 1. The Morgan fingerprint density at radius 1 is 1.90 bits per heavy atom. The van der Waals surface area contributed by atoms with E-state index in [4.69, 9.17) is 0 Å². The first-order chi connectivity index (χ1) is 4.83. The van der Waals surface area contributed by atoms with E-state index in [0.29, 0.717) is 0 Å². The smallest absolute Gasteiger partial charge is 0.337 e. The zero-order valence-electron chi connectivity index (χ0n) is 4.98. The first-order valence-electron chi connectivity index (χ1n) is 2.44. The van der Waals surface area contributed by atoms with Crippen molar-refractivity contribution in [2.45, 2.75) is 0 Å². The summed E-state index contributed by atoms with van der Waals surface area (Å²) in [5, 5.41) is 6.37. The minimum absolute atomic E-state index is 0.0323. The molecule has 5 nitrogen and oxygen atoms in total. The zero-order valence-corrected chi connectivity index (χ0v) is 4.98. The molecule has 0 fully saturated rings. The van der Waals surface area contributed by atoms with Gasteiger partial charge < -0.3 is 9.26 Å². The number of carbonyl (C=O) groups is 1. The van der Waals surface area contributed by atoms with Crippen molar-refractivity contribution in [1.29, 1.82) is 0 Å². The van der Waals surface area contributed by atoms with Gasteiger partial charge in [0.15, 0.2) is 6.26 Å². The summed E-state index contributed by atoms with van der Waals surface area (Å²) in [4.78, 5) is 10.4. The molecule has 1 rings (SSSR count). The van der Waals surface area contributed by atoms with Crippen LogP contribution < -0.4 is 4.74 Å². The zero-order chi connectivity index (χ0) is 7.40. The first-order valence-corrected chi connectivity index (χ1v) is 2.44. The highest BCUT2D eigenvalue weighted by Gasteiger charge is 2.01. The lowest BCUT2D eigenvalue weighted by Gasteiger charge is -1.89. The van der Waals surface area contributed by atoms with Gasteiger partial charge in [-0.2, -0.15) is 0 Å². The third-order valence-electron chi connectivity index (χ3n) is 0.712. The maximum absolute atomic E-state index is 10.4. The van der Waals surface area contributed by atoms with E-state index in [1.165, 1.54) is 0 Å². The number of nitrogens with zero attached hydrogens (tertiary/aromatic N) is 2. The van der Waals surface area contributed by atoms with Crippen molar-refractivity contribution < 1.29 is 14.1 Å². The van der Waals surface area contributed by atoms with E-state index in [0.717, 1.165) is 12.3 Å². The van der Waals surface area contributed by atoms with Gasteiger partial charge >= 0.3 is 5.97 Å². The minimum atomic E-state index is -0.587. The Morgan fingerprint density at radius 3 is 3.20 bits per heavy atom. The second-order valence-corrected chi connectivity index (χ2v) is 1.37. The van der Waals surface area contributed by atoms with Crippen molar-refractivity contribution in [2.24, 2.45) is 0 Å².